The molecular formula is C15H22ClNO2. The third-order valence-corrected chi connectivity index (χ3v) is 3.41. The molecule has 0 aliphatic carbocycles. The molecule has 1 heterocycles. The van der Waals surface area contributed by atoms with Crippen molar-refractivity contribution < 1.29 is 9.47 Å². The lowest BCUT2D eigenvalue weighted by Crippen LogP contribution is -2.35. The maximum atomic E-state index is 6.29. The minimum absolute atomic E-state index is 0.0485. The molecule has 1 aromatic carbocycles. The van der Waals surface area contributed by atoms with Gasteiger partial charge in [0.15, 0.2) is 0 Å². The molecule has 3 nitrogen and oxygen atoms in total. The van der Waals surface area contributed by atoms with Crippen LogP contribution in [0.5, 0.6) is 5.75 Å². The molecule has 1 aliphatic heterocycles. The molecule has 0 radical (unpaired) electrons. The van der Waals surface area contributed by atoms with E-state index < -0.39 is 0 Å². The molecule has 0 spiro atoms. The summed E-state index contributed by atoms with van der Waals surface area (Å²) in [7, 11) is 0. The molecule has 0 saturated carbocycles. The second kappa shape index (κ2) is 6.12. The van der Waals surface area contributed by atoms with Crippen LogP contribution in [-0.4, -0.2) is 24.9 Å². The first kappa shape index (κ1) is 14.6. The van der Waals surface area contributed by atoms with Crippen molar-refractivity contribution in [1.82, 2.24) is 5.32 Å². The summed E-state index contributed by atoms with van der Waals surface area (Å²) >= 11 is 6.29. The number of benzene rings is 1. The Morgan fingerprint density at radius 1 is 1.42 bits per heavy atom. The van der Waals surface area contributed by atoms with Gasteiger partial charge in [0.1, 0.15) is 11.9 Å². The largest absolute Gasteiger partial charge is 0.488 e. The smallest absolute Gasteiger partial charge is 0.125 e. The summed E-state index contributed by atoms with van der Waals surface area (Å²) < 4.78 is 11.3. The minimum atomic E-state index is 0.0485. The van der Waals surface area contributed by atoms with Crippen LogP contribution in [-0.2, 0) is 11.3 Å². The summed E-state index contributed by atoms with van der Waals surface area (Å²) in [5.74, 6) is 0.861. The van der Waals surface area contributed by atoms with Gasteiger partial charge in [0.05, 0.1) is 13.2 Å². The Bertz CT molecular complexity index is 423. The lowest BCUT2D eigenvalue weighted by molar-refractivity contribution is 0.140. The number of rotatable bonds is 4. The average molecular weight is 284 g/mol. The Morgan fingerprint density at radius 3 is 2.84 bits per heavy atom. The van der Waals surface area contributed by atoms with Crippen molar-refractivity contribution >= 4 is 11.6 Å². The quantitative estimate of drug-likeness (QED) is 0.919. The summed E-state index contributed by atoms with van der Waals surface area (Å²) in [6, 6.07) is 5.80. The molecule has 1 fully saturated rings. The Hall–Kier alpha value is -0.770. The molecule has 0 amide bonds. The molecule has 1 saturated heterocycles. The molecule has 0 aromatic heterocycles. The molecule has 19 heavy (non-hydrogen) atoms. The maximum Gasteiger partial charge on any atom is 0.125 e. The fourth-order valence-corrected chi connectivity index (χ4v) is 2.19. The van der Waals surface area contributed by atoms with Crippen molar-refractivity contribution in [3.8, 4) is 5.75 Å². The third kappa shape index (κ3) is 4.37. The zero-order chi connectivity index (χ0) is 13.9. The van der Waals surface area contributed by atoms with Crippen LogP contribution in [0.2, 0.25) is 5.02 Å². The lowest BCUT2D eigenvalue weighted by atomic mass is 10.1. The van der Waals surface area contributed by atoms with E-state index in [0.717, 1.165) is 29.4 Å². The molecule has 1 N–H and O–H groups in total. The Labute approximate surface area is 120 Å². The number of ether oxygens (including phenoxy) is 2. The van der Waals surface area contributed by atoms with Crippen LogP contribution in [0.25, 0.3) is 0 Å². The molecule has 1 atom stereocenters. The van der Waals surface area contributed by atoms with E-state index in [1.165, 1.54) is 0 Å². The predicted octanol–water partition coefficient (Wildman–Crippen LogP) is 3.40. The normalized spacial score (nSPS) is 19.7. The number of hydrogen-bond donors (Lipinski definition) is 1. The van der Waals surface area contributed by atoms with Crippen LogP contribution in [0.4, 0.5) is 0 Å². The van der Waals surface area contributed by atoms with Gasteiger partial charge in [-0.3, -0.25) is 0 Å². The first-order valence-electron chi connectivity index (χ1n) is 6.72. The topological polar surface area (TPSA) is 30.5 Å². The minimum Gasteiger partial charge on any atom is -0.488 e. The fraction of sp³-hybridized carbons (Fsp3) is 0.600. The highest BCUT2D eigenvalue weighted by molar-refractivity contribution is 6.31. The molecular weight excluding hydrogens is 262 g/mol. The number of nitrogens with one attached hydrogen (secondary N) is 1. The highest BCUT2D eigenvalue weighted by Gasteiger charge is 2.20. The molecule has 106 valence electrons. The highest BCUT2D eigenvalue weighted by atomic mass is 35.5. The van der Waals surface area contributed by atoms with E-state index in [-0.39, 0.29) is 11.6 Å². The molecule has 1 aliphatic rings. The Kier molecular flexibility index (Phi) is 4.71. The van der Waals surface area contributed by atoms with E-state index in [9.17, 15) is 0 Å². The van der Waals surface area contributed by atoms with Gasteiger partial charge in [-0.2, -0.15) is 0 Å². The van der Waals surface area contributed by atoms with Gasteiger partial charge < -0.3 is 14.8 Å². The SMILES string of the molecule is CC(C)(C)NCc1c(Cl)cccc1OC1CCOC1. The molecule has 1 unspecified atom stereocenters. The van der Waals surface area contributed by atoms with Crippen molar-refractivity contribution in [1.29, 1.82) is 0 Å². The van der Waals surface area contributed by atoms with Crippen LogP contribution >= 0.6 is 11.6 Å². The van der Waals surface area contributed by atoms with Crippen molar-refractivity contribution in [3.63, 3.8) is 0 Å². The van der Waals surface area contributed by atoms with Gasteiger partial charge in [0.2, 0.25) is 0 Å². The average Bonchev–Trinajstić information content (AvgIpc) is 2.79. The van der Waals surface area contributed by atoms with Gasteiger partial charge >= 0.3 is 0 Å². The highest BCUT2D eigenvalue weighted by Crippen LogP contribution is 2.28. The van der Waals surface area contributed by atoms with E-state index in [0.29, 0.717) is 13.2 Å². The predicted molar refractivity (Wildman–Crippen MR) is 77.9 cm³/mol. The van der Waals surface area contributed by atoms with Gasteiger partial charge in [-0.1, -0.05) is 17.7 Å². The zero-order valence-corrected chi connectivity index (χ0v) is 12.6. The Morgan fingerprint density at radius 2 is 2.21 bits per heavy atom. The summed E-state index contributed by atoms with van der Waals surface area (Å²) in [5.41, 5.74) is 1.07. The number of hydrogen-bond acceptors (Lipinski definition) is 3. The molecule has 4 heteroatoms. The monoisotopic (exact) mass is 283 g/mol. The van der Waals surface area contributed by atoms with Crippen LogP contribution in [0.15, 0.2) is 18.2 Å². The van der Waals surface area contributed by atoms with E-state index in [2.05, 4.69) is 26.1 Å². The summed E-state index contributed by atoms with van der Waals surface area (Å²) in [6.07, 6.45) is 1.09. The van der Waals surface area contributed by atoms with Gasteiger partial charge in [-0.25, -0.2) is 0 Å². The summed E-state index contributed by atoms with van der Waals surface area (Å²) in [4.78, 5) is 0. The van der Waals surface area contributed by atoms with Crippen LogP contribution in [0, 0.1) is 0 Å². The first-order valence-corrected chi connectivity index (χ1v) is 7.10. The van der Waals surface area contributed by atoms with Gasteiger partial charge in [0, 0.05) is 29.1 Å². The first-order chi connectivity index (χ1) is 8.96. The van der Waals surface area contributed by atoms with E-state index in [4.69, 9.17) is 21.1 Å². The third-order valence-electron chi connectivity index (χ3n) is 3.05. The van der Waals surface area contributed by atoms with Gasteiger partial charge in [-0.15, -0.1) is 0 Å². The standard InChI is InChI=1S/C15H22ClNO2/c1-15(2,3)17-9-12-13(16)5-4-6-14(12)19-11-7-8-18-10-11/h4-6,11,17H,7-10H2,1-3H3. The molecule has 2 rings (SSSR count). The summed E-state index contributed by atoms with van der Waals surface area (Å²) in [5, 5.41) is 4.19. The van der Waals surface area contributed by atoms with Crippen LogP contribution in [0.1, 0.15) is 32.8 Å². The van der Waals surface area contributed by atoms with E-state index in [1.54, 1.807) is 0 Å². The summed E-state index contributed by atoms with van der Waals surface area (Å²) in [6.45, 7) is 8.55. The second-order valence-electron chi connectivity index (χ2n) is 5.92. The van der Waals surface area contributed by atoms with Crippen molar-refractivity contribution in [3.05, 3.63) is 28.8 Å². The van der Waals surface area contributed by atoms with Crippen molar-refractivity contribution in [2.24, 2.45) is 0 Å². The van der Waals surface area contributed by atoms with Gasteiger partial charge in [-0.05, 0) is 32.9 Å². The second-order valence-corrected chi connectivity index (χ2v) is 6.33. The number of halogens is 1. The van der Waals surface area contributed by atoms with E-state index in [1.807, 2.05) is 18.2 Å². The zero-order valence-electron chi connectivity index (χ0n) is 11.8. The van der Waals surface area contributed by atoms with Crippen molar-refractivity contribution in [2.75, 3.05) is 13.2 Å². The molecule has 0 bridgehead atoms. The fourth-order valence-electron chi connectivity index (χ4n) is 1.96. The Balaban J connectivity index is 2.10. The molecule has 1 aromatic rings. The maximum absolute atomic E-state index is 6.29. The van der Waals surface area contributed by atoms with Gasteiger partial charge in [0.25, 0.3) is 0 Å². The van der Waals surface area contributed by atoms with Crippen LogP contribution in [0.3, 0.4) is 0 Å². The van der Waals surface area contributed by atoms with E-state index >= 15 is 0 Å². The van der Waals surface area contributed by atoms with Crippen LogP contribution < -0.4 is 10.1 Å². The van der Waals surface area contributed by atoms with Crippen molar-refractivity contribution in [2.45, 2.75) is 45.4 Å². The lowest BCUT2D eigenvalue weighted by Gasteiger charge is -2.23.